The van der Waals surface area contributed by atoms with Gasteiger partial charge in [0.25, 0.3) is 0 Å². The third-order valence-corrected chi connectivity index (χ3v) is 4.33. The Morgan fingerprint density at radius 3 is 2.64 bits per heavy atom. The van der Waals surface area contributed by atoms with Crippen LogP contribution in [0.1, 0.15) is 32.4 Å². The normalized spacial score (nSPS) is 13.8. The minimum absolute atomic E-state index is 0.0227. The van der Waals surface area contributed by atoms with Gasteiger partial charge in [-0.3, -0.25) is 4.79 Å². The number of amides is 1. The lowest BCUT2D eigenvalue weighted by Crippen LogP contribution is -2.35. The second-order valence-corrected chi connectivity index (χ2v) is 6.60. The largest absolute Gasteiger partial charge is 0.497 e. The Hall–Kier alpha value is -2.50. The highest BCUT2D eigenvalue weighted by Crippen LogP contribution is 2.35. The van der Waals surface area contributed by atoms with Crippen LogP contribution >= 0.6 is 0 Å². The van der Waals surface area contributed by atoms with Crippen molar-refractivity contribution in [3.05, 3.63) is 30.0 Å². The van der Waals surface area contributed by atoms with Gasteiger partial charge >= 0.3 is 0 Å². The van der Waals surface area contributed by atoms with E-state index < -0.39 is 0 Å². The van der Waals surface area contributed by atoms with Gasteiger partial charge < -0.3 is 18.9 Å². The van der Waals surface area contributed by atoms with Gasteiger partial charge in [0.05, 0.1) is 26.3 Å². The summed E-state index contributed by atoms with van der Waals surface area (Å²) in [5.74, 6) is 2.12. The summed E-state index contributed by atoms with van der Waals surface area (Å²) in [7, 11) is 3.22. The minimum atomic E-state index is -0.0227. The Balaban J connectivity index is 1.84. The fourth-order valence-electron chi connectivity index (χ4n) is 2.80. The number of benzene rings is 1. The molecule has 1 amide bonds. The molecule has 6 nitrogen and oxygen atoms in total. The van der Waals surface area contributed by atoms with Gasteiger partial charge in [-0.1, -0.05) is 19.0 Å². The van der Waals surface area contributed by atoms with Gasteiger partial charge in [0.1, 0.15) is 17.2 Å². The average Bonchev–Trinajstić information content (AvgIpc) is 3.36. The van der Waals surface area contributed by atoms with Gasteiger partial charge in [0.15, 0.2) is 5.76 Å². The molecule has 1 heterocycles. The molecular weight excluding hydrogens is 320 g/mol. The summed E-state index contributed by atoms with van der Waals surface area (Å²) in [4.78, 5) is 14.3. The minimum Gasteiger partial charge on any atom is -0.497 e. The summed E-state index contributed by atoms with van der Waals surface area (Å²) < 4.78 is 16.2. The van der Waals surface area contributed by atoms with Crippen molar-refractivity contribution in [3.63, 3.8) is 0 Å². The Labute approximate surface area is 147 Å². The van der Waals surface area contributed by atoms with Crippen LogP contribution in [0, 0.1) is 5.92 Å². The van der Waals surface area contributed by atoms with E-state index in [0.29, 0.717) is 29.8 Å². The van der Waals surface area contributed by atoms with Crippen LogP contribution in [0.15, 0.2) is 28.8 Å². The quantitative estimate of drug-likeness (QED) is 0.769. The van der Waals surface area contributed by atoms with E-state index in [2.05, 4.69) is 5.16 Å². The third-order valence-electron chi connectivity index (χ3n) is 4.33. The standard InChI is InChI=1S/C19H24N2O4/c1-12(2)19(22)21(14-5-6-14)11-13-9-18(25-20-13)16-10-15(23-3)7-8-17(16)24-4/h7-10,12,14H,5-6,11H2,1-4H3. The van der Waals surface area contributed by atoms with Gasteiger partial charge in [-0.2, -0.15) is 0 Å². The highest BCUT2D eigenvalue weighted by molar-refractivity contribution is 5.78. The first-order chi connectivity index (χ1) is 12.0. The van der Waals surface area contributed by atoms with Crippen LogP contribution in [0.2, 0.25) is 0 Å². The first-order valence-corrected chi connectivity index (χ1v) is 8.52. The van der Waals surface area contributed by atoms with E-state index in [1.54, 1.807) is 14.2 Å². The molecule has 1 aliphatic carbocycles. The van der Waals surface area contributed by atoms with Gasteiger partial charge in [0, 0.05) is 18.0 Å². The smallest absolute Gasteiger partial charge is 0.225 e. The highest BCUT2D eigenvalue weighted by atomic mass is 16.5. The van der Waals surface area contributed by atoms with E-state index in [-0.39, 0.29) is 11.8 Å². The molecule has 0 saturated heterocycles. The number of carbonyl (C=O) groups excluding carboxylic acids is 1. The average molecular weight is 344 g/mol. The Morgan fingerprint density at radius 1 is 1.28 bits per heavy atom. The molecule has 0 atom stereocenters. The van der Waals surface area contributed by atoms with E-state index in [1.807, 2.05) is 43.0 Å². The van der Waals surface area contributed by atoms with Crippen molar-refractivity contribution in [2.45, 2.75) is 39.3 Å². The summed E-state index contributed by atoms with van der Waals surface area (Å²) >= 11 is 0. The molecule has 2 aromatic rings. The SMILES string of the molecule is COc1ccc(OC)c(-c2cc(CN(C(=O)C(C)C)C3CC3)no2)c1. The summed E-state index contributed by atoms with van der Waals surface area (Å²) in [6.45, 7) is 4.32. The zero-order valence-corrected chi connectivity index (χ0v) is 15.1. The molecule has 0 N–H and O–H groups in total. The molecular formula is C19H24N2O4. The zero-order valence-electron chi connectivity index (χ0n) is 15.1. The van der Waals surface area contributed by atoms with Gasteiger partial charge in [-0.05, 0) is 31.0 Å². The molecule has 1 aromatic heterocycles. The number of hydrogen-bond donors (Lipinski definition) is 0. The molecule has 0 aliphatic heterocycles. The highest BCUT2D eigenvalue weighted by Gasteiger charge is 2.34. The van der Waals surface area contributed by atoms with Crippen LogP contribution in [-0.2, 0) is 11.3 Å². The van der Waals surface area contributed by atoms with Crippen molar-refractivity contribution < 1.29 is 18.8 Å². The lowest BCUT2D eigenvalue weighted by Gasteiger charge is -2.23. The van der Waals surface area contributed by atoms with Crippen LogP contribution in [-0.4, -0.2) is 36.2 Å². The molecule has 6 heteroatoms. The molecule has 0 bridgehead atoms. The maximum absolute atomic E-state index is 12.4. The van der Waals surface area contributed by atoms with Crippen LogP contribution in [0.5, 0.6) is 11.5 Å². The molecule has 3 rings (SSSR count). The van der Waals surface area contributed by atoms with Crippen LogP contribution < -0.4 is 9.47 Å². The zero-order chi connectivity index (χ0) is 18.0. The molecule has 1 aliphatic rings. The molecule has 0 spiro atoms. The maximum atomic E-state index is 12.4. The van der Waals surface area contributed by atoms with E-state index in [4.69, 9.17) is 14.0 Å². The van der Waals surface area contributed by atoms with Gasteiger partial charge in [-0.15, -0.1) is 0 Å². The van der Waals surface area contributed by atoms with Gasteiger partial charge in [-0.25, -0.2) is 0 Å². The fourth-order valence-corrected chi connectivity index (χ4v) is 2.80. The summed E-state index contributed by atoms with van der Waals surface area (Å²) in [6.07, 6.45) is 2.12. The predicted octanol–water partition coefficient (Wildman–Crippen LogP) is 3.51. The topological polar surface area (TPSA) is 64.8 Å². The molecule has 134 valence electrons. The Kier molecular flexibility index (Phi) is 4.97. The Bertz CT molecular complexity index is 750. The number of rotatable bonds is 7. The predicted molar refractivity (Wildman–Crippen MR) is 93.5 cm³/mol. The van der Waals surface area contributed by atoms with E-state index >= 15 is 0 Å². The second-order valence-electron chi connectivity index (χ2n) is 6.60. The van der Waals surface area contributed by atoms with Crippen molar-refractivity contribution in [1.82, 2.24) is 10.1 Å². The number of methoxy groups -OCH3 is 2. The van der Waals surface area contributed by atoms with Crippen molar-refractivity contribution in [2.24, 2.45) is 5.92 Å². The third kappa shape index (κ3) is 3.78. The number of nitrogens with zero attached hydrogens (tertiary/aromatic N) is 2. The number of carbonyl (C=O) groups is 1. The molecule has 0 radical (unpaired) electrons. The summed E-state index contributed by atoms with van der Waals surface area (Å²) in [5, 5.41) is 4.15. The molecule has 1 aromatic carbocycles. The number of ether oxygens (including phenoxy) is 2. The molecule has 25 heavy (non-hydrogen) atoms. The van der Waals surface area contributed by atoms with Crippen LogP contribution in [0.25, 0.3) is 11.3 Å². The van der Waals surface area contributed by atoms with Crippen molar-refractivity contribution in [1.29, 1.82) is 0 Å². The van der Waals surface area contributed by atoms with Crippen molar-refractivity contribution >= 4 is 5.91 Å². The first-order valence-electron chi connectivity index (χ1n) is 8.52. The summed E-state index contributed by atoms with van der Waals surface area (Å²) in [5.41, 5.74) is 1.51. The Morgan fingerprint density at radius 2 is 2.04 bits per heavy atom. The van der Waals surface area contributed by atoms with E-state index in [9.17, 15) is 4.79 Å². The fraction of sp³-hybridized carbons (Fsp3) is 0.474. The number of aromatic nitrogens is 1. The van der Waals surface area contributed by atoms with E-state index in [1.165, 1.54) is 0 Å². The monoisotopic (exact) mass is 344 g/mol. The maximum Gasteiger partial charge on any atom is 0.225 e. The van der Waals surface area contributed by atoms with E-state index in [0.717, 1.165) is 24.1 Å². The molecule has 0 unspecified atom stereocenters. The van der Waals surface area contributed by atoms with Crippen LogP contribution in [0.4, 0.5) is 0 Å². The van der Waals surface area contributed by atoms with Crippen molar-refractivity contribution in [3.8, 4) is 22.8 Å². The van der Waals surface area contributed by atoms with Crippen LogP contribution in [0.3, 0.4) is 0 Å². The first kappa shape index (κ1) is 17.3. The lowest BCUT2D eigenvalue weighted by atomic mass is 10.1. The number of hydrogen-bond acceptors (Lipinski definition) is 5. The molecule has 1 fully saturated rings. The molecule has 1 saturated carbocycles. The second kappa shape index (κ2) is 7.17. The van der Waals surface area contributed by atoms with Crippen molar-refractivity contribution in [2.75, 3.05) is 14.2 Å². The summed E-state index contributed by atoms with van der Waals surface area (Å²) in [6, 6.07) is 7.70. The van der Waals surface area contributed by atoms with Gasteiger partial charge in [0.2, 0.25) is 5.91 Å². The lowest BCUT2D eigenvalue weighted by molar-refractivity contribution is -0.135.